The van der Waals surface area contributed by atoms with Gasteiger partial charge in [-0.05, 0) is 24.6 Å². The predicted octanol–water partition coefficient (Wildman–Crippen LogP) is 3.61. The molecule has 37 heavy (non-hydrogen) atoms. The van der Waals surface area contributed by atoms with Gasteiger partial charge in [0.1, 0.15) is 11.4 Å². The Morgan fingerprint density at radius 2 is 1.89 bits per heavy atom. The van der Waals surface area contributed by atoms with Crippen molar-refractivity contribution in [3.8, 4) is 17.0 Å². The standard InChI is InChI=1S/C28H33N5O4/c1-27(2,3)25-30-26(37-31-25)32-12-9-28(10-13-32)15-20-14-22(29-16-23(20)36-28)18-4-6-19(7-5-18)24(35)33-11-8-21(34)17-33/h4-7,14,16,21,34H,8-13,15,17H2,1-3H3/t21-/m1/s1. The molecule has 0 unspecified atom stereocenters. The number of aliphatic hydroxyl groups is 1. The summed E-state index contributed by atoms with van der Waals surface area (Å²) in [5, 5.41) is 13.9. The highest BCUT2D eigenvalue weighted by molar-refractivity contribution is 5.94. The number of fused-ring (bicyclic) bond motifs is 1. The van der Waals surface area contributed by atoms with Gasteiger partial charge in [0, 0.05) is 67.5 Å². The molecule has 0 saturated carbocycles. The van der Waals surface area contributed by atoms with Gasteiger partial charge in [0.2, 0.25) is 0 Å². The minimum Gasteiger partial charge on any atom is -0.485 e. The number of aliphatic hydroxyl groups excluding tert-OH is 1. The number of β-amino-alcohol motifs (C(OH)–C–C–N with tert-alkyl or cyclic N) is 1. The number of carbonyl (C=O) groups excluding carboxylic acids is 1. The maximum absolute atomic E-state index is 12.7. The summed E-state index contributed by atoms with van der Waals surface area (Å²) in [6, 6.07) is 10.3. The van der Waals surface area contributed by atoms with Crippen LogP contribution in [0.3, 0.4) is 0 Å². The van der Waals surface area contributed by atoms with E-state index in [4.69, 9.17) is 9.26 Å². The molecule has 9 heteroatoms. The van der Waals surface area contributed by atoms with Gasteiger partial charge in [-0.2, -0.15) is 4.98 Å². The van der Waals surface area contributed by atoms with Gasteiger partial charge >= 0.3 is 6.01 Å². The van der Waals surface area contributed by atoms with Crippen LogP contribution < -0.4 is 9.64 Å². The summed E-state index contributed by atoms with van der Waals surface area (Å²) in [6.07, 6.45) is 4.62. The molecule has 0 radical (unpaired) electrons. The average Bonchev–Trinajstić information content (AvgIpc) is 3.62. The molecule has 0 aliphatic carbocycles. The number of anilines is 1. The normalized spacial score (nSPS) is 20.8. The van der Waals surface area contributed by atoms with Crippen LogP contribution in [0.1, 0.15) is 61.8 Å². The summed E-state index contributed by atoms with van der Waals surface area (Å²) in [7, 11) is 0. The molecule has 1 N–H and O–H groups in total. The van der Waals surface area contributed by atoms with E-state index >= 15 is 0 Å². The highest BCUT2D eigenvalue weighted by Crippen LogP contribution is 2.42. The Kier molecular flexibility index (Phi) is 5.71. The fourth-order valence-corrected chi connectivity index (χ4v) is 5.41. The fraction of sp³-hybridized carbons (Fsp3) is 0.500. The van der Waals surface area contributed by atoms with Gasteiger partial charge in [-0.1, -0.05) is 38.1 Å². The van der Waals surface area contributed by atoms with Crippen molar-refractivity contribution in [3.63, 3.8) is 0 Å². The van der Waals surface area contributed by atoms with Crippen LogP contribution in [-0.4, -0.2) is 68.9 Å². The van der Waals surface area contributed by atoms with Gasteiger partial charge in [0.15, 0.2) is 5.82 Å². The second-order valence-corrected chi connectivity index (χ2v) is 11.5. The number of nitrogens with zero attached hydrogens (tertiary/aromatic N) is 5. The highest BCUT2D eigenvalue weighted by Gasteiger charge is 2.43. The number of aromatic nitrogens is 3. The molecule has 5 heterocycles. The molecule has 1 spiro atoms. The Bertz CT molecular complexity index is 1300. The molecule has 2 aromatic heterocycles. The highest BCUT2D eigenvalue weighted by atomic mass is 16.5. The first-order valence-corrected chi connectivity index (χ1v) is 13.0. The van der Waals surface area contributed by atoms with E-state index < -0.39 is 6.10 Å². The number of piperidine rings is 1. The first-order chi connectivity index (χ1) is 17.7. The van der Waals surface area contributed by atoms with Gasteiger partial charge in [-0.15, -0.1) is 0 Å². The zero-order chi connectivity index (χ0) is 25.8. The summed E-state index contributed by atoms with van der Waals surface area (Å²) >= 11 is 0. The average molecular weight is 504 g/mol. The van der Waals surface area contributed by atoms with Crippen LogP contribution in [0.2, 0.25) is 0 Å². The number of carbonyl (C=O) groups is 1. The second kappa shape index (κ2) is 8.83. The van der Waals surface area contributed by atoms with Crippen LogP contribution in [-0.2, 0) is 11.8 Å². The predicted molar refractivity (Wildman–Crippen MR) is 138 cm³/mol. The van der Waals surface area contributed by atoms with Crippen molar-refractivity contribution in [3.05, 3.63) is 53.5 Å². The Labute approximate surface area is 216 Å². The molecule has 194 valence electrons. The number of ether oxygens (including phenoxy) is 1. The third-order valence-corrected chi connectivity index (χ3v) is 7.70. The smallest absolute Gasteiger partial charge is 0.324 e. The lowest BCUT2D eigenvalue weighted by atomic mass is 9.87. The van der Waals surface area contributed by atoms with E-state index in [0.29, 0.717) is 31.1 Å². The number of likely N-dealkylation sites (tertiary alicyclic amines) is 1. The molecule has 3 aromatic rings. The minimum absolute atomic E-state index is 0.0399. The van der Waals surface area contributed by atoms with Crippen molar-refractivity contribution in [1.29, 1.82) is 0 Å². The van der Waals surface area contributed by atoms with Crippen molar-refractivity contribution in [2.24, 2.45) is 0 Å². The third-order valence-electron chi connectivity index (χ3n) is 7.70. The van der Waals surface area contributed by atoms with E-state index in [1.807, 2.05) is 30.5 Å². The number of pyridine rings is 1. The van der Waals surface area contributed by atoms with Crippen LogP contribution in [0.25, 0.3) is 11.3 Å². The second-order valence-electron chi connectivity index (χ2n) is 11.5. The van der Waals surface area contributed by atoms with Crippen LogP contribution in [0, 0.1) is 0 Å². The van der Waals surface area contributed by atoms with E-state index in [1.165, 1.54) is 0 Å². The lowest BCUT2D eigenvalue weighted by Gasteiger charge is -2.37. The molecule has 6 rings (SSSR count). The molecule has 2 fully saturated rings. The largest absolute Gasteiger partial charge is 0.485 e. The fourth-order valence-electron chi connectivity index (χ4n) is 5.41. The summed E-state index contributed by atoms with van der Waals surface area (Å²) < 4.78 is 12.0. The van der Waals surface area contributed by atoms with Crippen molar-refractivity contribution < 1.29 is 19.2 Å². The zero-order valence-electron chi connectivity index (χ0n) is 21.6. The Balaban J connectivity index is 1.11. The van der Waals surface area contributed by atoms with Crippen LogP contribution >= 0.6 is 0 Å². The monoisotopic (exact) mass is 503 g/mol. The molecule has 0 bridgehead atoms. The summed E-state index contributed by atoms with van der Waals surface area (Å²) in [4.78, 5) is 25.8. The van der Waals surface area contributed by atoms with Gasteiger partial charge < -0.3 is 24.2 Å². The molecular weight excluding hydrogens is 470 g/mol. The number of amides is 1. The number of rotatable bonds is 3. The maximum atomic E-state index is 12.7. The molecule has 1 aromatic carbocycles. The maximum Gasteiger partial charge on any atom is 0.324 e. The minimum atomic E-state index is -0.420. The van der Waals surface area contributed by atoms with Gasteiger partial charge in [0.05, 0.1) is 18.0 Å². The van der Waals surface area contributed by atoms with Crippen LogP contribution in [0.15, 0.2) is 41.1 Å². The van der Waals surface area contributed by atoms with E-state index in [2.05, 4.69) is 46.9 Å². The number of benzene rings is 1. The van der Waals surface area contributed by atoms with Gasteiger partial charge in [-0.3, -0.25) is 9.78 Å². The quantitative estimate of drug-likeness (QED) is 0.578. The number of hydrogen-bond acceptors (Lipinski definition) is 8. The van der Waals surface area contributed by atoms with E-state index in [-0.39, 0.29) is 16.9 Å². The summed E-state index contributed by atoms with van der Waals surface area (Å²) in [6.45, 7) is 8.82. The van der Waals surface area contributed by atoms with Crippen molar-refractivity contribution >= 4 is 11.9 Å². The SMILES string of the molecule is CC(C)(C)c1noc(N2CCC3(CC2)Cc2cc(-c4ccc(C(=O)N5CC[C@@H](O)C5)cc4)ncc2O3)n1. The lowest BCUT2D eigenvalue weighted by Crippen LogP contribution is -2.47. The Morgan fingerprint density at radius 3 is 2.54 bits per heavy atom. The summed E-state index contributed by atoms with van der Waals surface area (Å²) in [5.74, 6) is 1.53. The van der Waals surface area contributed by atoms with Crippen molar-refractivity contribution in [1.82, 2.24) is 20.0 Å². The molecular formula is C28H33N5O4. The van der Waals surface area contributed by atoms with Crippen LogP contribution in [0.4, 0.5) is 6.01 Å². The third kappa shape index (κ3) is 4.56. The number of hydrogen-bond donors (Lipinski definition) is 1. The lowest BCUT2D eigenvalue weighted by molar-refractivity contribution is 0.0652. The Hall–Kier alpha value is -3.46. The van der Waals surface area contributed by atoms with Crippen molar-refractivity contribution in [2.75, 3.05) is 31.1 Å². The van der Waals surface area contributed by atoms with Crippen LogP contribution in [0.5, 0.6) is 5.75 Å². The van der Waals surface area contributed by atoms with Gasteiger partial charge in [-0.25, -0.2) is 0 Å². The summed E-state index contributed by atoms with van der Waals surface area (Å²) in [5.41, 5.74) is 3.24. The van der Waals surface area contributed by atoms with Crippen molar-refractivity contribution in [2.45, 2.75) is 63.6 Å². The molecule has 2 saturated heterocycles. The Morgan fingerprint density at radius 1 is 1.14 bits per heavy atom. The first-order valence-electron chi connectivity index (χ1n) is 13.0. The van der Waals surface area contributed by atoms with E-state index in [0.717, 1.165) is 60.7 Å². The first kappa shape index (κ1) is 23.9. The molecule has 9 nitrogen and oxygen atoms in total. The van der Waals surface area contributed by atoms with E-state index in [9.17, 15) is 9.90 Å². The molecule has 1 amide bonds. The molecule has 1 atom stereocenters. The topological polar surface area (TPSA) is 105 Å². The molecule has 3 aliphatic rings. The molecule has 3 aliphatic heterocycles. The van der Waals surface area contributed by atoms with Gasteiger partial charge in [0.25, 0.3) is 5.91 Å². The van der Waals surface area contributed by atoms with E-state index in [1.54, 1.807) is 4.90 Å². The zero-order valence-corrected chi connectivity index (χ0v) is 21.6.